The quantitative estimate of drug-likeness (QED) is 0.579. The maximum Gasteiger partial charge on any atom is 0.418 e. The average Bonchev–Trinajstić information content (AvgIpc) is 3.02. The lowest BCUT2D eigenvalue weighted by Gasteiger charge is -2.11. The van der Waals surface area contributed by atoms with Crippen molar-refractivity contribution in [3.05, 3.63) is 78.0 Å². The van der Waals surface area contributed by atoms with Gasteiger partial charge in [0.25, 0.3) is 0 Å². The Morgan fingerprint density at radius 3 is 2.56 bits per heavy atom. The summed E-state index contributed by atoms with van der Waals surface area (Å²) in [7, 11) is 0. The van der Waals surface area contributed by atoms with Crippen molar-refractivity contribution in [3.63, 3.8) is 0 Å². The van der Waals surface area contributed by atoms with Crippen molar-refractivity contribution in [1.82, 2.24) is 14.8 Å². The van der Waals surface area contributed by atoms with Gasteiger partial charge in [0.05, 0.1) is 11.2 Å². The van der Waals surface area contributed by atoms with Gasteiger partial charge in [-0.1, -0.05) is 36.4 Å². The molecule has 1 N–H and O–H groups in total. The molecule has 0 spiro atoms. The molecule has 0 radical (unpaired) electrons. The lowest BCUT2D eigenvalue weighted by Crippen LogP contribution is -2.19. The third-order valence-corrected chi connectivity index (χ3v) is 4.14. The van der Waals surface area contributed by atoms with Crippen molar-refractivity contribution < 1.29 is 9.53 Å². The van der Waals surface area contributed by atoms with Crippen LogP contribution in [0.4, 0.5) is 10.6 Å². The van der Waals surface area contributed by atoms with Crippen LogP contribution < -0.4 is 10.1 Å². The first-order chi connectivity index (χ1) is 13.1. The molecule has 0 fully saturated rings. The Morgan fingerprint density at radius 1 is 1.00 bits per heavy atom. The highest BCUT2D eigenvalue weighted by atomic mass is 16.6. The molecule has 6 heteroatoms. The first kappa shape index (κ1) is 16.8. The topological polar surface area (TPSA) is 69.0 Å². The van der Waals surface area contributed by atoms with Crippen LogP contribution in [0.3, 0.4) is 0 Å². The molecule has 0 saturated heterocycles. The minimum atomic E-state index is -0.583. The smallest absolute Gasteiger partial charge is 0.410 e. The summed E-state index contributed by atoms with van der Waals surface area (Å²) in [6, 6.07) is 20.6. The molecule has 0 unspecified atom stereocenters. The number of anilines is 1. The molecule has 0 saturated carbocycles. The fraction of sp³-hybridized carbons (Fsp3) is 0.0952. The standard InChI is InChI=1S/C21H18N4O2/c1-14-12-19(22-18-11-7-6-10-17(14)18)25-20(13-15(2)24-25)23-21(26)27-16-8-4-3-5-9-16/h3-13H,1-2H3,(H,23,26). The predicted octanol–water partition coefficient (Wildman–Crippen LogP) is 4.65. The highest BCUT2D eigenvalue weighted by molar-refractivity contribution is 5.86. The van der Waals surface area contributed by atoms with Gasteiger partial charge < -0.3 is 4.74 Å². The zero-order valence-corrected chi connectivity index (χ0v) is 15.0. The second-order valence-electron chi connectivity index (χ2n) is 6.22. The van der Waals surface area contributed by atoms with Crippen LogP contribution in [-0.2, 0) is 0 Å². The molecular weight excluding hydrogens is 340 g/mol. The molecular formula is C21H18N4O2. The number of rotatable bonds is 3. The van der Waals surface area contributed by atoms with Crippen LogP contribution in [0, 0.1) is 13.8 Å². The summed E-state index contributed by atoms with van der Waals surface area (Å²) in [4.78, 5) is 16.9. The first-order valence-corrected chi connectivity index (χ1v) is 8.57. The molecule has 4 aromatic rings. The molecule has 0 aliphatic rings. The van der Waals surface area contributed by atoms with Crippen molar-refractivity contribution in [2.24, 2.45) is 0 Å². The molecule has 27 heavy (non-hydrogen) atoms. The Kier molecular flexibility index (Phi) is 4.30. The van der Waals surface area contributed by atoms with E-state index < -0.39 is 6.09 Å². The summed E-state index contributed by atoms with van der Waals surface area (Å²) < 4.78 is 6.91. The number of pyridine rings is 1. The largest absolute Gasteiger partial charge is 0.418 e. The van der Waals surface area contributed by atoms with Crippen molar-refractivity contribution in [3.8, 4) is 11.6 Å². The number of nitrogens with zero attached hydrogens (tertiary/aromatic N) is 3. The maximum atomic E-state index is 12.3. The van der Waals surface area contributed by atoms with E-state index >= 15 is 0 Å². The summed E-state index contributed by atoms with van der Waals surface area (Å²) in [6.07, 6.45) is -0.583. The van der Waals surface area contributed by atoms with Gasteiger partial charge in [0, 0.05) is 11.5 Å². The molecule has 134 valence electrons. The fourth-order valence-electron chi connectivity index (χ4n) is 2.93. The maximum absolute atomic E-state index is 12.3. The lowest BCUT2D eigenvalue weighted by molar-refractivity contribution is 0.215. The summed E-state index contributed by atoms with van der Waals surface area (Å²) in [5.74, 6) is 1.60. The van der Waals surface area contributed by atoms with Gasteiger partial charge in [-0.25, -0.2) is 9.78 Å². The second kappa shape index (κ2) is 6.92. The van der Waals surface area contributed by atoms with Crippen LogP contribution in [0.5, 0.6) is 5.75 Å². The molecule has 2 aromatic carbocycles. The number of ether oxygens (including phenoxy) is 1. The monoisotopic (exact) mass is 358 g/mol. The molecule has 4 rings (SSSR count). The molecule has 1 amide bonds. The van der Waals surface area contributed by atoms with Crippen molar-refractivity contribution in [1.29, 1.82) is 0 Å². The van der Waals surface area contributed by atoms with Crippen LogP contribution in [0.25, 0.3) is 16.7 Å². The van der Waals surface area contributed by atoms with E-state index in [0.29, 0.717) is 17.4 Å². The number of carbonyl (C=O) groups excluding carboxylic acids is 1. The highest BCUT2D eigenvalue weighted by Gasteiger charge is 2.14. The number of benzene rings is 2. The van der Waals surface area contributed by atoms with E-state index in [1.807, 2.05) is 50.2 Å². The van der Waals surface area contributed by atoms with Gasteiger partial charge >= 0.3 is 6.09 Å². The van der Waals surface area contributed by atoms with Gasteiger partial charge in [-0.15, -0.1) is 0 Å². The number of hydrogen-bond acceptors (Lipinski definition) is 4. The number of aryl methyl sites for hydroxylation is 2. The van der Waals surface area contributed by atoms with Crippen molar-refractivity contribution >= 4 is 22.8 Å². The van der Waals surface area contributed by atoms with Crippen LogP contribution in [-0.4, -0.2) is 20.9 Å². The minimum absolute atomic E-state index is 0.470. The lowest BCUT2D eigenvalue weighted by atomic mass is 10.1. The Balaban J connectivity index is 1.66. The molecule has 2 aromatic heterocycles. The number of carbonyl (C=O) groups is 1. The van der Waals surface area contributed by atoms with Crippen LogP contribution in [0.15, 0.2) is 66.7 Å². The molecule has 6 nitrogen and oxygen atoms in total. The number of fused-ring (bicyclic) bond motifs is 1. The minimum Gasteiger partial charge on any atom is -0.410 e. The van der Waals surface area contributed by atoms with E-state index in [9.17, 15) is 4.79 Å². The summed E-state index contributed by atoms with van der Waals surface area (Å²) in [5.41, 5.74) is 2.72. The van der Waals surface area contributed by atoms with Crippen molar-refractivity contribution in [2.75, 3.05) is 5.32 Å². The van der Waals surface area contributed by atoms with Crippen LogP contribution in [0.1, 0.15) is 11.3 Å². The Bertz CT molecular complexity index is 1120. The third kappa shape index (κ3) is 3.50. The van der Waals surface area contributed by atoms with Gasteiger partial charge in [0.2, 0.25) is 0 Å². The van der Waals surface area contributed by atoms with E-state index in [1.54, 1.807) is 35.0 Å². The highest BCUT2D eigenvalue weighted by Crippen LogP contribution is 2.22. The number of nitrogens with one attached hydrogen (secondary N) is 1. The SMILES string of the molecule is Cc1cc(NC(=O)Oc2ccccc2)n(-c2cc(C)c3ccccc3n2)n1. The molecule has 2 heterocycles. The van der Waals surface area contributed by atoms with Crippen LogP contribution in [0.2, 0.25) is 0 Å². The van der Waals surface area contributed by atoms with E-state index in [0.717, 1.165) is 22.2 Å². The average molecular weight is 358 g/mol. The Morgan fingerprint density at radius 2 is 1.74 bits per heavy atom. The Labute approximate surface area is 156 Å². The zero-order valence-electron chi connectivity index (χ0n) is 15.0. The van der Waals surface area contributed by atoms with E-state index in [1.165, 1.54) is 0 Å². The van der Waals surface area contributed by atoms with Gasteiger partial charge in [0.1, 0.15) is 11.6 Å². The third-order valence-electron chi connectivity index (χ3n) is 4.14. The van der Waals surface area contributed by atoms with Gasteiger partial charge in [-0.3, -0.25) is 5.32 Å². The number of hydrogen-bond donors (Lipinski definition) is 1. The van der Waals surface area contributed by atoms with E-state index in [4.69, 9.17) is 4.74 Å². The molecule has 0 aliphatic carbocycles. The predicted molar refractivity (Wildman–Crippen MR) is 104 cm³/mol. The van der Waals surface area contributed by atoms with Gasteiger partial charge in [-0.05, 0) is 43.7 Å². The summed E-state index contributed by atoms with van der Waals surface area (Å²) in [5, 5.41) is 8.30. The van der Waals surface area contributed by atoms with Crippen LogP contribution >= 0.6 is 0 Å². The molecule has 0 atom stereocenters. The first-order valence-electron chi connectivity index (χ1n) is 8.57. The second-order valence-corrected chi connectivity index (χ2v) is 6.22. The molecule has 0 aliphatic heterocycles. The number of aromatic nitrogens is 3. The summed E-state index contributed by atoms with van der Waals surface area (Å²) >= 11 is 0. The fourth-order valence-corrected chi connectivity index (χ4v) is 2.93. The van der Waals surface area contributed by atoms with E-state index in [2.05, 4.69) is 15.4 Å². The van der Waals surface area contributed by atoms with E-state index in [-0.39, 0.29) is 0 Å². The normalized spacial score (nSPS) is 10.7. The summed E-state index contributed by atoms with van der Waals surface area (Å²) in [6.45, 7) is 3.89. The zero-order chi connectivity index (χ0) is 18.8. The van der Waals surface area contributed by atoms with Crippen molar-refractivity contribution in [2.45, 2.75) is 13.8 Å². The number of amides is 1. The Hall–Kier alpha value is -3.67. The van der Waals surface area contributed by atoms with Gasteiger partial charge in [0.15, 0.2) is 5.82 Å². The molecule has 0 bridgehead atoms. The van der Waals surface area contributed by atoms with Gasteiger partial charge in [-0.2, -0.15) is 9.78 Å². The number of para-hydroxylation sites is 2.